The standard InChI is InChI=1S/C21H23FN4O5/c1-3-31-21(28)18-17(22)12-16(20(19(18)23)26(29)30)14-5-4-6-15(11-14)25-9-7-24(8-10-25)13(2)27/h4-6,11-12H,3,7-10,23H2,1-2H3. The first-order valence-corrected chi connectivity index (χ1v) is 9.79. The SMILES string of the molecule is CCOC(=O)c1c(F)cc(-c2cccc(N3CCN(C(C)=O)CC3)c2)c([N+](=O)[O-])c1N. The van der Waals surface area contributed by atoms with E-state index in [1.54, 1.807) is 23.1 Å². The number of esters is 1. The number of nitro benzene ring substituents is 1. The number of carbonyl (C=O) groups excluding carboxylic acids is 2. The van der Waals surface area contributed by atoms with Crippen LogP contribution in [0.1, 0.15) is 24.2 Å². The van der Waals surface area contributed by atoms with E-state index in [9.17, 15) is 24.1 Å². The Bertz CT molecular complexity index is 1030. The number of benzene rings is 2. The molecule has 10 heteroatoms. The summed E-state index contributed by atoms with van der Waals surface area (Å²) >= 11 is 0. The zero-order chi connectivity index (χ0) is 22.7. The highest BCUT2D eigenvalue weighted by Gasteiger charge is 2.30. The van der Waals surface area contributed by atoms with E-state index in [-0.39, 0.29) is 18.1 Å². The molecule has 1 fully saturated rings. The number of nitrogens with two attached hydrogens (primary N) is 1. The normalized spacial score (nSPS) is 13.8. The van der Waals surface area contributed by atoms with Gasteiger partial charge in [-0.05, 0) is 30.7 Å². The predicted octanol–water partition coefficient (Wildman–Crippen LogP) is 2.83. The van der Waals surface area contributed by atoms with Gasteiger partial charge in [-0.2, -0.15) is 0 Å². The third kappa shape index (κ3) is 4.42. The third-order valence-corrected chi connectivity index (χ3v) is 5.20. The van der Waals surface area contributed by atoms with Crippen molar-refractivity contribution in [2.75, 3.05) is 43.4 Å². The number of rotatable bonds is 5. The molecule has 2 aromatic carbocycles. The molecule has 0 aliphatic carbocycles. The van der Waals surface area contributed by atoms with Crippen LogP contribution in [-0.4, -0.2) is 54.5 Å². The summed E-state index contributed by atoms with van der Waals surface area (Å²) in [5.41, 5.74) is 5.22. The first-order chi connectivity index (χ1) is 14.7. The van der Waals surface area contributed by atoms with Crippen molar-refractivity contribution in [2.24, 2.45) is 0 Å². The van der Waals surface area contributed by atoms with Crippen molar-refractivity contribution in [1.82, 2.24) is 4.90 Å². The van der Waals surface area contributed by atoms with Crippen LogP contribution in [0.5, 0.6) is 0 Å². The van der Waals surface area contributed by atoms with Gasteiger partial charge in [0.2, 0.25) is 5.91 Å². The summed E-state index contributed by atoms with van der Waals surface area (Å²) in [4.78, 5) is 38.4. The van der Waals surface area contributed by atoms with Crippen LogP contribution < -0.4 is 10.6 Å². The molecule has 0 spiro atoms. The van der Waals surface area contributed by atoms with Gasteiger partial charge in [0, 0.05) is 38.8 Å². The molecule has 0 radical (unpaired) electrons. The van der Waals surface area contributed by atoms with Gasteiger partial charge >= 0.3 is 11.7 Å². The highest BCUT2D eigenvalue weighted by atomic mass is 19.1. The number of piperazine rings is 1. The van der Waals surface area contributed by atoms with Crippen molar-refractivity contribution >= 4 is 28.9 Å². The Morgan fingerprint density at radius 2 is 1.90 bits per heavy atom. The van der Waals surface area contributed by atoms with Crippen molar-refractivity contribution in [3.8, 4) is 11.1 Å². The summed E-state index contributed by atoms with van der Waals surface area (Å²) in [6.45, 7) is 5.37. The van der Waals surface area contributed by atoms with E-state index >= 15 is 0 Å². The molecule has 0 aromatic heterocycles. The van der Waals surface area contributed by atoms with Crippen molar-refractivity contribution < 1.29 is 23.6 Å². The summed E-state index contributed by atoms with van der Waals surface area (Å²) in [6, 6.07) is 7.80. The highest BCUT2D eigenvalue weighted by Crippen LogP contribution is 2.39. The van der Waals surface area contributed by atoms with Crippen molar-refractivity contribution in [1.29, 1.82) is 0 Å². The first-order valence-electron chi connectivity index (χ1n) is 9.79. The first kappa shape index (κ1) is 22.0. The molecule has 1 saturated heterocycles. The average Bonchev–Trinajstić information content (AvgIpc) is 2.73. The molecule has 0 saturated carbocycles. The maximum absolute atomic E-state index is 14.7. The molecule has 0 bridgehead atoms. The van der Waals surface area contributed by atoms with Gasteiger partial charge in [0.1, 0.15) is 17.1 Å². The molecular weight excluding hydrogens is 407 g/mol. The number of hydrogen-bond acceptors (Lipinski definition) is 7. The van der Waals surface area contributed by atoms with Gasteiger partial charge in [-0.25, -0.2) is 9.18 Å². The lowest BCUT2D eigenvalue weighted by atomic mass is 9.98. The highest BCUT2D eigenvalue weighted by molar-refractivity contribution is 6.00. The fourth-order valence-electron chi connectivity index (χ4n) is 3.64. The number of nitro groups is 1. The molecule has 2 N–H and O–H groups in total. The number of nitrogen functional groups attached to an aromatic ring is 1. The third-order valence-electron chi connectivity index (χ3n) is 5.20. The molecule has 1 amide bonds. The largest absolute Gasteiger partial charge is 0.462 e. The number of carbonyl (C=O) groups is 2. The topological polar surface area (TPSA) is 119 Å². The Morgan fingerprint density at radius 1 is 1.23 bits per heavy atom. The maximum atomic E-state index is 14.7. The van der Waals surface area contributed by atoms with Crippen LogP contribution in [0, 0.1) is 15.9 Å². The van der Waals surface area contributed by atoms with Gasteiger partial charge in [-0.15, -0.1) is 0 Å². The Kier molecular flexibility index (Phi) is 6.38. The van der Waals surface area contributed by atoms with E-state index in [4.69, 9.17) is 10.5 Å². The molecule has 164 valence electrons. The number of nitrogens with zero attached hydrogens (tertiary/aromatic N) is 3. The molecule has 1 aliphatic rings. The van der Waals surface area contributed by atoms with Gasteiger partial charge in [-0.1, -0.05) is 12.1 Å². The van der Waals surface area contributed by atoms with Crippen LogP contribution in [-0.2, 0) is 9.53 Å². The fourth-order valence-corrected chi connectivity index (χ4v) is 3.64. The number of anilines is 2. The van der Waals surface area contributed by atoms with Crippen LogP contribution in [0.3, 0.4) is 0 Å². The lowest BCUT2D eigenvalue weighted by Gasteiger charge is -2.35. The Morgan fingerprint density at radius 3 is 2.48 bits per heavy atom. The lowest BCUT2D eigenvalue weighted by Crippen LogP contribution is -2.48. The number of ether oxygens (including phenoxy) is 1. The van der Waals surface area contributed by atoms with Crippen LogP contribution in [0.4, 0.5) is 21.5 Å². The van der Waals surface area contributed by atoms with Gasteiger partial charge < -0.3 is 20.3 Å². The zero-order valence-electron chi connectivity index (χ0n) is 17.3. The summed E-state index contributed by atoms with van der Waals surface area (Å²) < 4.78 is 19.5. The van der Waals surface area contributed by atoms with E-state index in [1.807, 2.05) is 11.0 Å². The minimum Gasteiger partial charge on any atom is -0.462 e. The lowest BCUT2D eigenvalue weighted by molar-refractivity contribution is -0.383. The number of halogens is 1. The molecule has 31 heavy (non-hydrogen) atoms. The molecule has 3 rings (SSSR count). The number of amides is 1. The average molecular weight is 430 g/mol. The molecule has 2 aromatic rings. The van der Waals surface area contributed by atoms with Crippen molar-refractivity contribution in [3.05, 3.63) is 51.8 Å². The molecule has 0 atom stereocenters. The van der Waals surface area contributed by atoms with E-state index in [0.29, 0.717) is 31.7 Å². The second-order valence-electron chi connectivity index (χ2n) is 7.06. The van der Waals surface area contributed by atoms with E-state index in [0.717, 1.165) is 11.8 Å². The molecule has 9 nitrogen and oxygen atoms in total. The second-order valence-corrected chi connectivity index (χ2v) is 7.06. The van der Waals surface area contributed by atoms with Crippen LogP contribution in [0.15, 0.2) is 30.3 Å². The molecule has 1 heterocycles. The smallest absolute Gasteiger partial charge is 0.343 e. The summed E-state index contributed by atoms with van der Waals surface area (Å²) in [5, 5.41) is 11.7. The quantitative estimate of drug-likeness (QED) is 0.335. The maximum Gasteiger partial charge on any atom is 0.343 e. The number of hydrogen-bond donors (Lipinski definition) is 1. The molecule has 0 unspecified atom stereocenters. The monoisotopic (exact) mass is 430 g/mol. The Labute approximate surface area is 178 Å². The fraction of sp³-hybridized carbons (Fsp3) is 0.333. The van der Waals surface area contributed by atoms with Crippen LogP contribution in [0.2, 0.25) is 0 Å². The minimum atomic E-state index is -1.05. The van der Waals surface area contributed by atoms with Gasteiger partial charge in [0.05, 0.1) is 17.1 Å². The predicted molar refractivity (Wildman–Crippen MR) is 113 cm³/mol. The van der Waals surface area contributed by atoms with Crippen LogP contribution in [0.25, 0.3) is 11.1 Å². The Balaban J connectivity index is 2.01. The van der Waals surface area contributed by atoms with Gasteiger partial charge in [-0.3, -0.25) is 14.9 Å². The summed E-state index contributed by atoms with van der Waals surface area (Å²) in [6.07, 6.45) is 0. The minimum absolute atomic E-state index is 0.0108. The van der Waals surface area contributed by atoms with Crippen LogP contribution >= 0.6 is 0 Å². The zero-order valence-corrected chi connectivity index (χ0v) is 17.3. The van der Waals surface area contributed by atoms with Gasteiger partial charge in [0.15, 0.2) is 0 Å². The van der Waals surface area contributed by atoms with E-state index in [2.05, 4.69) is 0 Å². The van der Waals surface area contributed by atoms with E-state index < -0.39 is 33.6 Å². The van der Waals surface area contributed by atoms with Gasteiger partial charge in [0.25, 0.3) is 0 Å². The van der Waals surface area contributed by atoms with E-state index in [1.165, 1.54) is 13.8 Å². The van der Waals surface area contributed by atoms with Crippen molar-refractivity contribution in [2.45, 2.75) is 13.8 Å². The summed E-state index contributed by atoms with van der Waals surface area (Å²) in [7, 11) is 0. The molecular formula is C21H23FN4O5. The Hall–Kier alpha value is -3.69. The molecule has 1 aliphatic heterocycles. The summed E-state index contributed by atoms with van der Waals surface area (Å²) in [5.74, 6) is -2.03. The second kappa shape index (κ2) is 8.99. The van der Waals surface area contributed by atoms with Crippen molar-refractivity contribution in [3.63, 3.8) is 0 Å².